The molecule has 0 aliphatic heterocycles. The lowest BCUT2D eigenvalue weighted by atomic mass is 10.0. The first-order chi connectivity index (χ1) is 37.9. The number of carbonyl (C=O) groups is 2. The van der Waals surface area contributed by atoms with Crippen molar-refractivity contribution in [1.29, 1.82) is 0 Å². The van der Waals surface area contributed by atoms with Crippen LogP contribution in [0.2, 0.25) is 0 Å². The quantitative estimate of drug-likeness (QED) is 0.0212. The molecule has 0 saturated heterocycles. The summed E-state index contributed by atoms with van der Waals surface area (Å²) in [6, 6.07) is -0.901. The van der Waals surface area contributed by atoms with E-state index in [1.807, 2.05) is 33.3 Å². The van der Waals surface area contributed by atoms with E-state index in [-0.39, 0.29) is 24.9 Å². The highest BCUT2D eigenvalue weighted by Gasteiger charge is 2.27. The third-order valence-electron chi connectivity index (χ3n) is 14.4. The molecular formula is C68H125N2O7P. The number of allylic oxidation sites excluding steroid dienone is 11. The van der Waals surface area contributed by atoms with E-state index in [4.69, 9.17) is 13.8 Å². The number of hydrogen-bond acceptors (Lipinski definition) is 7. The molecular weight excluding hydrogens is 988 g/mol. The number of amides is 1. The van der Waals surface area contributed by atoms with Crippen molar-refractivity contribution >= 4 is 19.7 Å². The number of esters is 1. The molecule has 1 amide bonds. The molecule has 0 saturated carbocycles. The van der Waals surface area contributed by atoms with Gasteiger partial charge >= 0.3 is 5.97 Å². The van der Waals surface area contributed by atoms with E-state index in [1.54, 1.807) is 0 Å². The molecule has 0 rings (SSSR count). The van der Waals surface area contributed by atoms with Crippen LogP contribution in [0.5, 0.6) is 0 Å². The number of hydrogen-bond donors (Lipinski definition) is 1. The van der Waals surface area contributed by atoms with Gasteiger partial charge in [0, 0.05) is 12.8 Å². The smallest absolute Gasteiger partial charge is 0.306 e. The summed E-state index contributed by atoms with van der Waals surface area (Å²) in [7, 11) is 1.17. The van der Waals surface area contributed by atoms with Gasteiger partial charge in [-0.3, -0.25) is 14.2 Å². The Bertz CT molecular complexity index is 1570. The average Bonchev–Trinajstić information content (AvgIpc) is 3.40. The maximum Gasteiger partial charge on any atom is 0.306 e. The minimum atomic E-state index is -4.71. The number of quaternary nitrogens is 1. The Morgan fingerprint density at radius 3 is 1.22 bits per heavy atom. The molecule has 10 heteroatoms. The second kappa shape index (κ2) is 57.7. The molecule has 0 bridgehead atoms. The first-order valence-corrected chi connectivity index (χ1v) is 34.2. The Labute approximate surface area is 483 Å². The van der Waals surface area contributed by atoms with Gasteiger partial charge in [-0.25, -0.2) is 0 Å². The molecule has 1 N–H and O–H groups in total. The van der Waals surface area contributed by atoms with Gasteiger partial charge in [0.15, 0.2) is 0 Å². The molecule has 0 spiro atoms. The molecule has 0 aliphatic rings. The van der Waals surface area contributed by atoms with Crippen LogP contribution in [0.3, 0.4) is 0 Å². The van der Waals surface area contributed by atoms with Crippen molar-refractivity contribution in [1.82, 2.24) is 5.32 Å². The number of nitrogens with one attached hydrogen (secondary N) is 1. The van der Waals surface area contributed by atoms with E-state index in [1.165, 1.54) is 161 Å². The summed E-state index contributed by atoms with van der Waals surface area (Å²) in [5.41, 5.74) is 0. The predicted molar refractivity (Wildman–Crippen MR) is 335 cm³/mol. The summed E-state index contributed by atoms with van der Waals surface area (Å²) in [5.74, 6) is -0.562. The Balaban J connectivity index is 5.18. The van der Waals surface area contributed by atoms with Crippen molar-refractivity contribution < 1.29 is 37.3 Å². The highest BCUT2D eigenvalue weighted by atomic mass is 31.2. The van der Waals surface area contributed by atoms with Crippen LogP contribution in [0.4, 0.5) is 0 Å². The van der Waals surface area contributed by atoms with Crippen molar-refractivity contribution in [3.05, 3.63) is 72.9 Å². The van der Waals surface area contributed by atoms with Crippen LogP contribution in [0.25, 0.3) is 0 Å². The maximum atomic E-state index is 13.5. The second-order valence-electron chi connectivity index (χ2n) is 23.3. The van der Waals surface area contributed by atoms with E-state index in [0.717, 1.165) is 96.3 Å². The van der Waals surface area contributed by atoms with Gasteiger partial charge in [0.2, 0.25) is 5.91 Å². The van der Waals surface area contributed by atoms with Crippen molar-refractivity contribution in [2.45, 2.75) is 309 Å². The number of rotatable bonds is 59. The minimum Gasteiger partial charge on any atom is -0.756 e. The van der Waals surface area contributed by atoms with Gasteiger partial charge in [-0.05, 0) is 102 Å². The van der Waals surface area contributed by atoms with E-state index in [2.05, 4.69) is 86.8 Å². The molecule has 454 valence electrons. The summed E-state index contributed by atoms with van der Waals surface area (Å²) in [4.78, 5) is 40.0. The molecule has 9 nitrogen and oxygen atoms in total. The first-order valence-electron chi connectivity index (χ1n) is 32.7. The third kappa shape index (κ3) is 58.1. The molecule has 78 heavy (non-hydrogen) atoms. The molecule has 3 unspecified atom stereocenters. The normalized spacial score (nSPS) is 14.1. The molecule has 0 radical (unpaired) electrons. The zero-order valence-corrected chi connectivity index (χ0v) is 52.8. The molecule has 0 aromatic rings. The van der Waals surface area contributed by atoms with Gasteiger partial charge in [0.05, 0.1) is 33.8 Å². The SMILES string of the molecule is CCCCC/C=C\C/C=C\C/C=C\C/C=C\CCCCCCCCCCCC(=O)OC(/C=C\CCCCCCCCCCCCC)C(COP(=O)([O-])OCC[N+](C)(C)C)NC(=O)CCCCC/C=C\CCCCCCCCC. The average molecular weight is 1110 g/mol. The molecule has 0 aliphatic carbocycles. The number of carbonyl (C=O) groups excluding carboxylic acids is 2. The van der Waals surface area contributed by atoms with Crippen LogP contribution >= 0.6 is 7.82 Å². The highest BCUT2D eigenvalue weighted by molar-refractivity contribution is 7.45. The first kappa shape index (κ1) is 75.5. The second-order valence-corrected chi connectivity index (χ2v) is 24.7. The molecule has 0 aromatic heterocycles. The van der Waals surface area contributed by atoms with E-state index in [0.29, 0.717) is 23.9 Å². The number of nitrogens with zero attached hydrogens (tertiary/aromatic N) is 1. The summed E-state index contributed by atoms with van der Waals surface area (Å²) >= 11 is 0. The highest BCUT2D eigenvalue weighted by Crippen LogP contribution is 2.38. The lowest BCUT2D eigenvalue weighted by molar-refractivity contribution is -0.870. The summed E-state index contributed by atoms with van der Waals surface area (Å²) in [6.45, 7) is 6.81. The largest absolute Gasteiger partial charge is 0.756 e. The van der Waals surface area contributed by atoms with Crippen LogP contribution in [-0.2, 0) is 27.9 Å². The number of phosphoric acid groups is 1. The maximum absolute atomic E-state index is 13.5. The Morgan fingerprint density at radius 1 is 0.449 bits per heavy atom. The van der Waals surface area contributed by atoms with Crippen LogP contribution < -0.4 is 10.2 Å². The Morgan fingerprint density at radius 2 is 0.782 bits per heavy atom. The summed E-state index contributed by atoms with van der Waals surface area (Å²) in [6.07, 6.45) is 74.4. The van der Waals surface area contributed by atoms with Crippen molar-refractivity contribution in [3.63, 3.8) is 0 Å². The van der Waals surface area contributed by atoms with E-state index >= 15 is 0 Å². The van der Waals surface area contributed by atoms with Gasteiger partial charge in [0.1, 0.15) is 19.3 Å². The summed E-state index contributed by atoms with van der Waals surface area (Å²) in [5, 5.41) is 3.02. The third-order valence-corrected chi connectivity index (χ3v) is 15.3. The summed E-state index contributed by atoms with van der Waals surface area (Å²) < 4.78 is 30.3. The fourth-order valence-corrected chi connectivity index (χ4v) is 9.99. The van der Waals surface area contributed by atoms with E-state index < -0.39 is 26.6 Å². The molecule has 0 heterocycles. The monoisotopic (exact) mass is 1110 g/mol. The lowest BCUT2D eigenvalue weighted by Gasteiger charge is -2.30. The molecule has 0 fully saturated rings. The topological polar surface area (TPSA) is 114 Å². The number of phosphoric ester groups is 1. The number of likely N-dealkylation sites (N-methyl/N-ethyl adjacent to an activating group) is 1. The molecule has 0 aromatic carbocycles. The van der Waals surface area contributed by atoms with Crippen LogP contribution in [0, 0.1) is 0 Å². The van der Waals surface area contributed by atoms with Crippen LogP contribution in [0.1, 0.15) is 297 Å². The lowest BCUT2D eigenvalue weighted by Crippen LogP contribution is -2.47. The van der Waals surface area contributed by atoms with E-state index in [9.17, 15) is 19.0 Å². The predicted octanol–water partition coefficient (Wildman–Crippen LogP) is 19.8. The number of unbranched alkanes of at least 4 members (excludes halogenated alkanes) is 33. The Kier molecular flexibility index (Phi) is 55.8. The van der Waals surface area contributed by atoms with Gasteiger partial charge in [-0.2, -0.15) is 0 Å². The zero-order chi connectivity index (χ0) is 57.2. The van der Waals surface area contributed by atoms with Crippen molar-refractivity contribution in [2.75, 3.05) is 40.9 Å². The van der Waals surface area contributed by atoms with Gasteiger partial charge in [0.25, 0.3) is 7.82 Å². The van der Waals surface area contributed by atoms with Crippen molar-refractivity contribution in [3.8, 4) is 0 Å². The van der Waals surface area contributed by atoms with Crippen LogP contribution in [-0.4, -0.2) is 69.4 Å². The zero-order valence-electron chi connectivity index (χ0n) is 51.9. The van der Waals surface area contributed by atoms with Gasteiger partial charge in [-0.1, -0.05) is 255 Å². The minimum absolute atomic E-state index is 0.0276. The van der Waals surface area contributed by atoms with Gasteiger partial charge in [-0.15, -0.1) is 0 Å². The fraction of sp³-hybridized carbons (Fsp3) is 0.794. The number of ether oxygens (including phenoxy) is 1. The fourth-order valence-electron chi connectivity index (χ4n) is 9.27. The van der Waals surface area contributed by atoms with Crippen LogP contribution in [0.15, 0.2) is 72.9 Å². The van der Waals surface area contributed by atoms with Gasteiger partial charge < -0.3 is 28.5 Å². The molecule has 3 atom stereocenters. The standard InChI is InChI=1S/C68H125N2O7P/c1-7-10-13-16-19-22-25-28-30-31-32-33-34-35-36-37-38-39-40-43-46-49-52-55-58-61-68(72)77-66(59-56-53-50-47-44-41-27-24-21-18-15-12-9-3)65(64-76-78(73,74)75-63-62-70(4,5)6)69-67(71)60-57-54-51-48-45-42-29-26-23-20-17-14-11-8-2/h19,22,28,30,32-33,35-36,42,45,56,59,65-66H,7-18,20-21,23-27,29,31,34,37-41,43-44,46-55,57-58,60-64H2,1-6H3,(H-,69,71,73,74)/b22-19-,30-28-,33-32-,36-35-,45-42-,59-56-. The Hall–Kier alpha value is -2.55. The van der Waals surface area contributed by atoms with Crippen molar-refractivity contribution in [2.24, 2.45) is 0 Å².